The Labute approximate surface area is 184 Å². The normalized spacial score (nSPS) is 14.8. The average molecular weight is 518 g/mol. The summed E-state index contributed by atoms with van der Waals surface area (Å²) in [6.07, 6.45) is 14.9. The van der Waals surface area contributed by atoms with Crippen molar-refractivity contribution >= 4 is 26.7 Å². The van der Waals surface area contributed by atoms with Crippen molar-refractivity contribution in [3.05, 3.63) is 12.2 Å². The summed E-state index contributed by atoms with van der Waals surface area (Å²) < 4.78 is 12.8. The SMILES string of the molecule is CCC[CH2][Sn]([CH2]/C=C/C[C@@H](C)CO[Si](C)(C)C(C)(C)C)([CH2]CCC)[CH2]CCC. The standard InChI is InChI=1S/C13H27OSi.3C4H9.Sn/c1-8-9-10-12(2)11-14-15(6,7)13(3,4)5;3*1-3-4-2;/h8-9,12H,1,10-11H2,2-7H3;3*1,3-4H2,2H3;/b9-8+;;;;/t12-;;;;/m1..../s1. The molecule has 0 bridgehead atoms. The molecule has 168 valence electrons. The molecular formula is C25H54OSiSn. The Kier molecular flexibility index (Phi) is 15.0. The predicted octanol–water partition coefficient (Wildman–Crippen LogP) is 9.44. The van der Waals surface area contributed by atoms with E-state index >= 15 is 0 Å². The second kappa shape index (κ2) is 14.7. The Morgan fingerprint density at radius 2 is 1.32 bits per heavy atom. The van der Waals surface area contributed by atoms with E-state index in [1.54, 1.807) is 13.3 Å². The quantitative estimate of drug-likeness (QED) is 0.146. The van der Waals surface area contributed by atoms with Crippen molar-refractivity contribution in [3.63, 3.8) is 0 Å². The van der Waals surface area contributed by atoms with Crippen molar-refractivity contribution < 1.29 is 4.43 Å². The van der Waals surface area contributed by atoms with Crippen LogP contribution in [0.3, 0.4) is 0 Å². The van der Waals surface area contributed by atoms with Crippen LogP contribution in [0.15, 0.2) is 12.2 Å². The van der Waals surface area contributed by atoms with Gasteiger partial charge in [0.25, 0.3) is 0 Å². The van der Waals surface area contributed by atoms with Crippen molar-refractivity contribution in [1.29, 1.82) is 0 Å². The summed E-state index contributed by atoms with van der Waals surface area (Å²) in [7, 11) is -1.60. The van der Waals surface area contributed by atoms with Gasteiger partial charge in [-0.3, -0.25) is 0 Å². The monoisotopic (exact) mass is 518 g/mol. The molecule has 0 aliphatic carbocycles. The van der Waals surface area contributed by atoms with Crippen LogP contribution in [0, 0.1) is 5.92 Å². The van der Waals surface area contributed by atoms with Gasteiger partial charge in [-0.05, 0) is 0 Å². The van der Waals surface area contributed by atoms with Crippen LogP contribution < -0.4 is 0 Å². The number of hydrogen-bond acceptors (Lipinski definition) is 1. The molecule has 1 atom stereocenters. The van der Waals surface area contributed by atoms with Crippen LogP contribution in [0.5, 0.6) is 0 Å². The van der Waals surface area contributed by atoms with Gasteiger partial charge in [-0.2, -0.15) is 0 Å². The fourth-order valence-electron chi connectivity index (χ4n) is 3.63. The molecule has 0 N–H and O–H groups in total. The van der Waals surface area contributed by atoms with Crippen LogP contribution in [0.1, 0.15) is 93.4 Å². The van der Waals surface area contributed by atoms with Gasteiger partial charge in [0.1, 0.15) is 0 Å². The Morgan fingerprint density at radius 3 is 1.71 bits per heavy atom. The zero-order valence-corrected chi connectivity index (χ0v) is 25.0. The van der Waals surface area contributed by atoms with Gasteiger partial charge in [-0.1, -0.05) is 0 Å². The first kappa shape index (κ1) is 28.7. The fourth-order valence-corrected chi connectivity index (χ4v) is 20.0. The van der Waals surface area contributed by atoms with Crippen molar-refractivity contribution in [2.24, 2.45) is 5.92 Å². The molecule has 0 fully saturated rings. The summed E-state index contributed by atoms with van der Waals surface area (Å²) >= 11 is -1.97. The molecule has 1 nitrogen and oxygen atoms in total. The maximum absolute atomic E-state index is 6.43. The number of hydrogen-bond donors (Lipinski definition) is 0. The number of allylic oxidation sites excluding steroid dienone is 2. The van der Waals surface area contributed by atoms with Crippen LogP contribution in [-0.4, -0.2) is 33.3 Å². The topological polar surface area (TPSA) is 9.23 Å². The van der Waals surface area contributed by atoms with Crippen molar-refractivity contribution in [2.45, 2.75) is 129 Å². The Bertz CT molecular complexity index is 389. The van der Waals surface area contributed by atoms with E-state index in [1.165, 1.54) is 49.4 Å². The van der Waals surface area contributed by atoms with Gasteiger partial charge in [0.2, 0.25) is 0 Å². The summed E-state index contributed by atoms with van der Waals surface area (Å²) in [5.41, 5.74) is 0. The zero-order valence-electron chi connectivity index (χ0n) is 21.1. The third-order valence-corrected chi connectivity index (χ3v) is 26.7. The van der Waals surface area contributed by atoms with Crippen LogP contribution in [0.4, 0.5) is 0 Å². The first-order valence-electron chi connectivity index (χ1n) is 12.3. The molecule has 0 radical (unpaired) electrons. The van der Waals surface area contributed by atoms with Gasteiger partial charge in [-0.15, -0.1) is 0 Å². The first-order chi connectivity index (χ1) is 13.0. The second-order valence-electron chi connectivity index (χ2n) is 10.9. The van der Waals surface area contributed by atoms with E-state index < -0.39 is 26.7 Å². The molecule has 0 rings (SSSR count). The number of unbranched alkanes of at least 4 members (excludes halogenated alkanes) is 3. The molecular weight excluding hydrogens is 463 g/mol. The molecule has 28 heavy (non-hydrogen) atoms. The van der Waals surface area contributed by atoms with Crippen molar-refractivity contribution in [2.75, 3.05) is 6.61 Å². The van der Waals surface area contributed by atoms with Gasteiger partial charge in [-0.25, -0.2) is 0 Å². The molecule has 0 aliphatic heterocycles. The van der Waals surface area contributed by atoms with E-state index in [9.17, 15) is 0 Å². The van der Waals surface area contributed by atoms with Gasteiger partial charge >= 0.3 is 185 Å². The second-order valence-corrected chi connectivity index (χ2v) is 29.7. The van der Waals surface area contributed by atoms with Crippen LogP contribution >= 0.6 is 0 Å². The van der Waals surface area contributed by atoms with Crippen molar-refractivity contribution in [3.8, 4) is 0 Å². The molecule has 0 aliphatic rings. The molecule has 0 amide bonds. The molecule has 0 aromatic carbocycles. The number of rotatable bonds is 16. The maximum atomic E-state index is 6.43. The van der Waals surface area contributed by atoms with E-state index in [1.807, 2.05) is 0 Å². The summed E-state index contributed by atoms with van der Waals surface area (Å²) in [6.45, 7) is 22.1. The van der Waals surface area contributed by atoms with Gasteiger partial charge in [0, 0.05) is 0 Å². The zero-order chi connectivity index (χ0) is 21.7. The Morgan fingerprint density at radius 1 is 0.857 bits per heavy atom. The minimum atomic E-state index is -1.97. The summed E-state index contributed by atoms with van der Waals surface area (Å²) in [4.78, 5) is 0. The van der Waals surface area contributed by atoms with Gasteiger partial charge in [0.15, 0.2) is 0 Å². The first-order valence-corrected chi connectivity index (χ1v) is 23.3. The minimum absolute atomic E-state index is 0.314. The van der Waals surface area contributed by atoms with E-state index in [0.29, 0.717) is 11.0 Å². The van der Waals surface area contributed by atoms with Gasteiger partial charge in [0.05, 0.1) is 0 Å². The summed E-state index contributed by atoms with van der Waals surface area (Å²) in [6, 6.07) is 0. The molecule has 0 aromatic heterocycles. The molecule has 0 unspecified atom stereocenters. The van der Waals surface area contributed by atoms with Crippen LogP contribution in [0.2, 0.25) is 35.9 Å². The molecule has 0 saturated heterocycles. The van der Waals surface area contributed by atoms with E-state index in [2.05, 4.69) is 73.7 Å². The van der Waals surface area contributed by atoms with Crippen molar-refractivity contribution in [1.82, 2.24) is 0 Å². The summed E-state index contributed by atoms with van der Waals surface area (Å²) in [5.74, 6) is 0.636. The van der Waals surface area contributed by atoms with E-state index in [4.69, 9.17) is 4.43 Å². The van der Waals surface area contributed by atoms with Crippen LogP contribution in [0.25, 0.3) is 0 Å². The average Bonchev–Trinajstić information content (AvgIpc) is 2.63. The third-order valence-electron chi connectivity index (χ3n) is 6.97. The molecule has 0 aromatic rings. The third kappa shape index (κ3) is 11.8. The Balaban J connectivity index is 4.70. The summed E-state index contributed by atoms with van der Waals surface area (Å²) in [5, 5.41) is 0.314. The Hall–Kier alpha value is 0.716. The predicted molar refractivity (Wildman–Crippen MR) is 136 cm³/mol. The van der Waals surface area contributed by atoms with E-state index in [-0.39, 0.29) is 0 Å². The molecule has 0 spiro atoms. The van der Waals surface area contributed by atoms with Gasteiger partial charge < -0.3 is 0 Å². The molecule has 3 heteroatoms. The fraction of sp³-hybridized carbons (Fsp3) is 0.920. The van der Waals surface area contributed by atoms with Crippen LogP contribution in [-0.2, 0) is 4.43 Å². The molecule has 0 saturated carbocycles. The molecule has 0 heterocycles. The van der Waals surface area contributed by atoms with E-state index in [0.717, 1.165) is 6.61 Å².